The molecule has 0 aromatic carbocycles. The van der Waals surface area contributed by atoms with E-state index in [2.05, 4.69) is 25.9 Å². The van der Waals surface area contributed by atoms with Crippen molar-refractivity contribution in [3.8, 4) is 0 Å². The SMILES string of the molecule is CC(C)(C)OC(=O)C[C@H](Cc1nn[nH]n1)NC(=O)OC(C)(C)C. The molecule has 1 atom stereocenters. The van der Waals surface area contributed by atoms with Crippen molar-refractivity contribution in [2.45, 2.75) is 71.6 Å². The van der Waals surface area contributed by atoms with Gasteiger partial charge in [0.25, 0.3) is 0 Å². The zero-order valence-corrected chi connectivity index (χ0v) is 14.5. The summed E-state index contributed by atoms with van der Waals surface area (Å²) in [5.74, 6) is -0.0447. The molecule has 0 radical (unpaired) electrons. The molecule has 9 heteroatoms. The van der Waals surface area contributed by atoms with Crippen LogP contribution in [0.3, 0.4) is 0 Å². The number of esters is 1. The first-order valence-electron chi connectivity index (χ1n) is 7.38. The Morgan fingerprint density at radius 3 is 2.22 bits per heavy atom. The molecule has 2 N–H and O–H groups in total. The summed E-state index contributed by atoms with van der Waals surface area (Å²) in [6.07, 6.45) is -0.408. The highest BCUT2D eigenvalue weighted by molar-refractivity contribution is 5.73. The molecule has 9 nitrogen and oxygen atoms in total. The Balaban J connectivity index is 2.69. The Bertz CT molecular complexity index is 486. The lowest BCUT2D eigenvalue weighted by molar-refractivity contribution is -0.155. The molecule has 0 fully saturated rings. The van der Waals surface area contributed by atoms with Crippen LogP contribution in [0.4, 0.5) is 4.79 Å². The fraction of sp³-hybridized carbons (Fsp3) is 0.786. The molecule has 1 heterocycles. The molecule has 1 aromatic rings. The van der Waals surface area contributed by atoms with Gasteiger partial charge in [-0.3, -0.25) is 4.79 Å². The average molecular weight is 327 g/mol. The van der Waals surface area contributed by atoms with Crippen molar-refractivity contribution in [2.24, 2.45) is 0 Å². The van der Waals surface area contributed by atoms with Crippen LogP contribution in [0.2, 0.25) is 0 Å². The van der Waals surface area contributed by atoms with E-state index in [1.165, 1.54) is 0 Å². The van der Waals surface area contributed by atoms with Gasteiger partial charge in [-0.2, -0.15) is 5.21 Å². The Morgan fingerprint density at radius 2 is 1.74 bits per heavy atom. The van der Waals surface area contributed by atoms with Crippen LogP contribution < -0.4 is 5.32 Å². The van der Waals surface area contributed by atoms with E-state index in [4.69, 9.17) is 9.47 Å². The van der Waals surface area contributed by atoms with Crippen LogP contribution in [0.1, 0.15) is 53.8 Å². The molecule has 0 saturated heterocycles. The molecule has 0 aliphatic carbocycles. The maximum atomic E-state index is 12.0. The lowest BCUT2D eigenvalue weighted by Crippen LogP contribution is -2.42. The van der Waals surface area contributed by atoms with E-state index in [0.29, 0.717) is 5.82 Å². The molecule has 0 unspecified atom stereocenters. The van der Waals surface area contributed by atoms with E-state index < -0.39 is 29.3 Å². The Hall–Kier alpha value is -2.19. The second-order valence-electron chi connectivity index (χ2n) is 7.17. The van der Waals surface area contributed by atoms with Gasteiger partial charge in [0.15, 0.2) is 5.82 Å². The summed E-state index contributed by atoms with van der Waals surface area (Å²) in [4.78, 5) is 23.9. The summed E-state index contributed by atoms with van der Waals surface area (Å²) in [6.45, 7) is 10.6. The third-order valence-corrected chi connectivity index (χ3v) is 2.37. The van der Waals surface area contributed by atoms with Gasteiger partial charge >= 0.3 is 12.1 Å². The third-order valence-electron chi connectivity index (χ3n) is 2.37. The summed E-state index contributed by atoms with van der Waals surface area (Å²) >= 11 is 0. The zero-order chi connectivity index (χ0) is 17.7. The van der Waals surface area contributed by atoms with Gasteiger partial charge in [-0.25, -0.2) is 4.79 Å². The van der Waals surface area contributed by atoms with Gasteiger partial charge in [0.1, 0.15) is 11.2 Å². The predicted molar refractivity (Wildman–Crippen MR) is 81.5 cm³/mol. The number of rotatable bonds is 5. The largest absolute Gasteiger partial charge is 0.460 e. The Labute approximate surface area is 135 Å². The Kier molecular flexibility index (Phi) is 6.05. The number of nitrogens with zero attached hydrogens (tertiary/aromatic N) is 3. The smallest absolute Gasteiger partial charge is 0.407 e. The number of H-pyrrole nitrogens is 1. The van der Waals surface area contributed by atoms with Crippen molar-refractivity contribution < 1.29 is 19.1 Å². The van der Waals surface area contributed by atoms with Crippen LogP contribution >= 0.6 is 0 Å². The fourth-order valence-corrected chi connectivity index (χ4v) is 1.72. The number of alkyl carbamates (subject to hydrolysis) is 1. The summed E-state index contributed by atoms with van der Waals surface area (Å²) < 4.78 is 10.5. The highest BCUT2D eigenvalue weighted by atomic mass is 16.6. The predicted octanol–water partition coefficient (Wildman–Crippen LogP) is 1.37. The lowest BCUT2D eigenvalue weighted by atomic mass is 10.1. The van der Waals surface area contributed by atoms with E-state index in [1.54, 1.807) is 41.5 Å². The zero-order valence-electron chi connectivity index (χ0n) is 14.5. The van der Waals surface area contributed by atoms with Gasteiger partial charge in [-0.05, 0) is 41.5 Å². The highest BCUT2D eigenvalue weighted by Crippen LogP contribution is 2.12. The van der Waals surface area contributed by atoms with Crippen LogP contribution in [0, 0.1) is 0 Å². The summed E-state index contributed by atoms with van der Waals surface area (Å²) in [5, 5.41) is 16.1. The number of carbonyl (C=O) groups is 2. The summed E-state index contributed by atoms with van der Waals surface area (Å²) in [5.41, 5.74) is -1.23. The number of aromatic amines is 1. The number of hydrogen-bond donors (Lipinski definition) is 2. The standard InChI is InChI=1S/C14H25N5O4/c1-13(2,3)22-11(20)8-9(7-10-16-18-19-17-10)15-12(21)23-14(4,5)6/h9H,7-8H2,1-6H3,(H,15,21)(H,16,17,18,19)/t9-/m0/s1. The molecule has 0 aliphatic heterocycles. The minimum absolute atomic E-state index is 0.0228. The molecule has 0 saturated carbocycles. The number of tetrazole rings is 1. The van der Waals surface area contributed by atoms with E-state index in [-0.39, 0.29) is 12.8 Å². The van der Waals surface area contributed by atoms with Crippen molar-refractivity contribution in [1.82, 2.24) is 25.9 Å². The maximum absolute atomic E-state index is 12.0. The fourth-order valence-electron chi connectivity index (χ4n) is 1.72. The first-order chi connectivity index (χ1) is 10.4. The van der Waals surface area contributed by atoms with Crippen LogP contribution in [0.5, 0.6) is 0 Å². The molecule has 1 rings (SSSR count). The topological polar surface area (TPSA) is 119 Å². The first kappa shape index (κ1) is 18.9. The molecule has 0 aliphatic rings. The van der Waals surface area contributed by atoms with E-state index in [1.807, 2.05) is 0 Å². The van der Waals surface area contributed by atoms with Crippen LogP contribution in [-0.4, -0.2) is 49.9 Å². The van der Waals surface area contributed by atoms with E-state index in [0.717, 1.165) is 0 Å². The van der Waals surface area contributed by atoms with Crippen molar-refractivity contribution in [1.29, 1.82) is 0 Å². The van der Waals surface area contributed by atoms with Crippen molar-refractivity contribution in [3.05, 3.63) is 5.82 Å². The molecular formula is C14H25N5O4. The van der Waals surface area contributed by atoms with Gasteiger partial charge < -0.3 is 14.8 Å². The quantitative estimate of drug-likeness (QED) is 0.784. The van der Waals surface area contributed by atoms with Crippen LogP contribution in [0.15, 0.2) is 0 Å². The lowest BCUT2D eigenvalue weighted by Gasteiger charge is -2.24. The monoisotopic (exact) mass is 327 g/mol. The number of carbonyl (C=O) groups excluding carboxylic acids is 2. The second kappa shape index (κ2) is 7.38. The van der Waals surface area contributed by atoms with E-state index in [9.17, 15) is 9.59 Å². The molecule has 1 aromatic heterocycles. The van der Waals surface area contributed by atoms with Crippen molar-refractivity contribution in [2.75, 3.05) is 0 Å². The van der Waals surface area contributed by atoms with Gasteiger partial charge in [0, 0.05) is 12.5 Å². The van der Waals surface area contributed by atoms with Crippen LogP contribution in [-0.2, 0) is 20.7 Å². The van der Waals surface area contributed by atoms with Gasteiger partial charge in [-0.1, -0.05) is 5.21 Å². The summed E-state index contributed by atoms with van der Waals surface area (Å²) in [6, 6.07) is -0.558. The number of amides is 1. The molecular weight excluding hydrogens is 302 g/mol. The molecule has 130 valence electrons. The molecule has 1 amide bonds. The van der Waals surface area contributed by atoms with Gasteiger partial charge in [0.05, 0.1) is 6.42 Å². The average Bonchev–Trinajstić information content (AvgIpc) is 2.75. The Morgan fingerprint density at radius 1 is 1.13 bits per heavy atom. The molecule has 0 spiro atoms. The van der Waals surface area contributed by atoms with E-state index >= 15 is 0 Å². The first-order valence-corrected chi connectivity index (χ1v) is 7.38. The van der Waals surface area contributed by atoms with Gasteiger partial charge in [-0.15, -0.1) is 10.2 Å². The second-order valence-corrected chi connectivity index (χ2v) is 7.17. The number of ether oxygens (including phenoxy) is 2. The maximum Gasteiger partial charge on any atom is 0.407 e. The van der Waals surface area contributed by atoms with Crippen molar-refractivity contribution >= 4 is 12.1 Å². The minimum Gasteiger partial charge on any atom is -0.460 e. The van der Waals surface area contributed by atoms with Crippen LogP contribution in [0.25, 0.3) is 0 Å². The molecule has 23 heavy (non-hydrogen) atoms. The number of hydrogen-bond acceptors (Lipinski definition) is 7. The summed E-state index contributed by atoms with van der Waals surface area (Å²) in [7, 11) is 0. The van der Waals surface area contributed by atoms with Crippen molar-refractivity contribution in [3.63, 3.8) is 0 Å². The third kappa shape index (κ3) is 8.74. The minimum atomic E-state index is -0.632. The highest BCUT2D eigenvalue weighted by Gasteiger charge is 2.25. The number of nitrogens with one attached hydrogen (secondary N) is 2. The normalized spacial score (nSPS) is 13.3. The number of aromatic nitrogens is 4. The molecule has 0 bridgehead atoms. The van der Waals surface area contributed by atoms with Gasteiger partial charge in [0.2, 0.25) is 0 Å².